The Morgan fingerprint density at radius 1 is 0.333 bits per heavy atom. The van der Waals surface area contributed by atoms with Crippen molar-refractivity contribution in [1.29, 1.82) is 0 Å². The van der Waals surface area contributed by atoms with Crippen molar-refractivity contribution < 1.29 is 0 Å². The average Bonchev–Trinajstić information content (AvgIpc) is 3.97. The fourth-order valence-electron chi connectivity index (χ4n) is 10.6. The molecule has 2 unspecified atom stereocenters. The molecule has 0 nitrogen and oxygen atoms in total. The summed E-state index contributed by atoms with van der Waals surface area (Å²) in [5.41, 5.74) is 3.33. The number of hydrogen-bond donors (Lipinski definition) is 0. The zero-order chi connectivity index (χ0) is 42.0. The number of hydrogen-bond acceptors (Lipinski definition) is 0. The van der Waals surface area contributed by atoms with Gasteiger partial charge in [-0.05, 0) is 0 Å². The maximum atomic E-state index is 2.68. The van der Waals surface area contributed by atoms with Crippen molar-refractivity contribution in [2.24, 2.45) is 11.8 Å². The van der Waals surface area contributed by atoms with E-state index in [0.29, 0.717) is 29.0 Å². The van der Waals surface area contributed by atoms with Crippen LogP contribution in [0, 0.1) is 11.8 Å². The van der Waals surface area contributed by atoms with Crippen molar-refractivity contribution in [3.63, 3.8) is 0 Å². The first-order chi connectivity index (χ1) is 29.7. The molecule has 334 valence electrons. The van der Waals surface area contributed by atoms with Crippen LogP contribution in [0.1, 0.15) is 244 Å². The van der Waals surface area contributed by atoms with E-state index in [1.807, 2.05) is 0 Å². The first kappa shape index (κ1) is 49.7. The SMILES string of the molecule is CCCCCCCCCCC(CCCCCCCC)Cc1cc2cc3c(cc(CC(CCCCCCCC)CCCCCCCCCC)c4cc[se]c43)cc2c2[se]ccc12. The van der Waals surface area contributed by atoms with E-state index in [1.54, 1.807) is 41.2 Å². The van der Waals surface area contributed by atoms with Crippen LogP contribution >= 0.6 is 0 Å². The Kier molecular flexibility index (Phi) is 24.8. The molecule has 0 bridgehead atoms. The summed E-state index contributed by atoms with van der Waals surface area (Å²) in [5, 5.41) is 9.41. The van der Waals surface area contributed by atoms with Gasteiger partial charge in [-0.2, -0.15) is 0 Å². The summed E-state index contributed by atoms with van der Waals surface area (Å²) in [6, 6.07) is 15.7. The second kappa shape index (κ2) is 29.9. The third kappa shape index (κ3) is 16.7. The molecule has 0 amide bonds. The van der Waals surface area contributed by atoms with Crippen LogP contribution in [0.5, 0.6) is 0 Å². The van der Waals surface area contributed by atoms with Gasteiger partial charge in [0.15, 0.2) is 0 Å². The van der Waals surface area contributed by atoms with E-state index in [2.05, 4.69) is 74.0 Å². The summed E-state index contributed by atoms with van der Waals surface area (Å²) in [7, 11) is 0. The Hall–Kier alpha value is -1.30. The van der Waals surface area contributed by atoms with Crippen LogP contribution in [-0.4, -0.2) is 29.0 Å². The van der Waals surface area contributed by atoms with Gasteiger partial charge in [-0.15, -0.1) is 0 Å². The van der Waals surface area contributed by atoms with Gasteiger partial charge in [0.2, 0.25) is 0 Å². The molecule has 0 fully saturated rings. The number of unbranched alkanes of at least 4 members (excludes halogenated alkanes) is 24. The summed E-state index contributed by atoms with van der Waals surface area (Å²) in [6.45, 7) is 9.35. The molecule has 0 spiro atoms. The topological polar surface area (TPSA) is 0 Å². The monoisotopic (exact) mass is 947 g/mol. The van der Waals surface area contributed by atoms with Crippen molar-refractivity contribution in [3.8, 4) is 0 Å². The summed E-state index contributed by atoms with van der Waals surface area (Å²) >= 11 is 0.875. The zero-order valence-corrected chi connectivity index (χ0v) is 43.1. The fraction of sp³-hybridized carbons (Fsp3) is 0.690. The molecule has 3 aromatic carbocycles. The van der Waals surface area contributed by atoms with Crippen molar-refractivity contribution in [2.75, 3.05) is 0 Å². The van der Waals surface area contributed by atoms with Crippen LogP contribution in [0.15, 0.2) is 46.3 Å². The van der Waals surface area contributed by atoms with E-state index < -0.39 is 0 Å². The van der Waals surface area contributed by atoms with Crippen molar-refractivity contribution in [3.05, 3.63) is 57.4 Å². The molecular formula is C58H90Se2. The minimum absolute atomic E-state index is 0.438. The summed E-state index contributed by atoms with van der Waals surface area (Å²) in [6.07, 6.45) is 48.0. The molecule has 0 aliphatic rings. The molecule has 2 atom stereocenters. The van der Waals surface area contributed by atoms with Gasteiger partial charge in [0.1, 0.15) is 0 Å². The third-order valence-electron chi connectivity index (χ3n) is 14.3. The Balaban J connectivity index is 1.33. The Morgan fingerprint density at radius 3 is 0.917 bits per heavy atom. The maximum absolute atomic E-state index is 2.68. The summed E-state index contributed by atoms with van der Waals surface area (Å²) in [5.74, 6) is 1.66. The van der Waals surface area contributed by atoms with Gasteiger partial charge in [-0.25, -0.2) is 0 Å². The molecule has 0 aliphatic heterocycles. The minimum atomic E-state index is 0.438. The molecule has 0 saturated heterocycles. The molecule has 2 heteroatoms. The molecule has 2 aromatic heterocycles. The second-order valence-electron chi connectivity index (χ2n) is 19.5. The number of benzene rings is 3. The van der Waals surface area contributed by atoms with Crippen molar-refractivity contribution in [1.82, 2.24) is 0 Å². The molecule has 60 heavy (non-hydrogen) atoms. The van der Waals surface area contributed by atoms with Crippen LogP contribution in [-0.2, 0) is 12.8 Å². The first-order valence-electron chi connectivity index (χ1n) is 26.4. The van der Waals surface area contributed by atoms with E-state index in [1.165, 1.54) is 229 Å². The van der Waals surface area contributed by atoms with Gasteiger partial charge in [0.05, 0.1) is 0 Å². The quantitative estimate of drug-likeness (QED) is 0.0213. The van der Waals surface area contributed by atoms with E-state index >= 15 is 0 Å². The number of rotatable bonds is 36. The van der Waals surface area contributed by atoms with Crippen molar-refractivity contribution >= 4 is 69.8 Å². The van der Waals surface area contributed by atoms with Crippen molar-refractivity contribution in [2.45, 2.75) is 246 Å². The fourth-order valence-corrected chi connectivity index (χ4v) is 14.6. The van der Waals surface area contributed by atoms with Crippen LogP contribution in [0.25, 0.3) is 40.8 Å². The van der Waals surface area contributed by atoms with E-state index in [9.17, 15) is 0 Å². The molecule has 2 heterocycles. The number of fused-ring (bicyclic) bond motifs is 6. The van der Waals surface area contributed by atoms with Gasteiger partial charge >= 0.3 is 332 Å². The van der Waals surface area contributed by atoms with Crippen LogP contribution < -0.4 is 0 Å². The van der Waals surface area contributed by atoms with E-state index in [0.717, 1.165) is 11.8 Å². The first-order valence-corrected chi connectivity index (χ1v) is 30.1. The Bertz CT molecular complexity index is 1720. The molecule has 5 rings (SSSR count). The predicted octanol–water partition coefficient (Wildman–Crippen LogP) is 19.3. The van der Waals surface area contributed by atoms with Gasteiger partial charge in [-0.1, -0.05) is 53.4 Å². The van der Waals surface area contributed by atoms with Gasteiger partial charge in [-0.3, -0.25) is 0 Å². The normalized spacial score (nSPS) is 13.1. The van der Waals surface area contributed by atoms with Gasteiger partial charge < -0.3 is 0 Å². The molecular weight excluding hydrogens is 855 g/mol. The molecule has 0 saturated carbocycles. The molecule has 0 radical (unpaired) electrons. The van der Waals surface area contributed by atoms with Gasteiger partial charge in [0, 0.05) is 0 Å². The molecule has 0 aliphatic carbocycles. The molecule has 5 aromatic rings. The van der Waals surface area contributed by atoms with Crippen LogP contribution in [0.2, 0.25) is 0 Å². The zero-order valence-electron chi connectivity index (χ0n) is 39.6. The van der Waals surface area contributed by atoms with E-state index in [-0.39, 0.29) is 0 Å². The summed E-state index contributed by atoms with van der Waals surface area (Å²) in [4.78, 5) is 5.07. The molecule has 0 N–H and O–H groups in total. The van der Waals surface area contributed by atoms with Gasteiger partial charge in [0.25, 0.3) is 0 Å². The standard InChI is InChI=1S/C58H90Se2/c1-5-9-13-17-21-23-27-31-35-47(33-29-25-19-15-11-7-3)41-49-43-51-45-56-52(46-55(51)57-53(49)37-39-59-57)44-50(54-38-40-60-58(54)56)42-48(34-30-26-20-16-12-8-4)36-32-28-24-22-18-14-10-6-2/h37-40,43-48H,5-36,41-42H2,1-4H3. The Morgan fingerprint density at radius 2 is 0.617 bits per heavy atom. The van der Waals surface area contributed by atoms with Crippen LogP contribution in [0.4, 0.5) is 0 Å². The van der Waals surface area contributed by atoms with E-state index in [4.69, 9.17) is 0 Å². The summed E-state index contributed by atoms with van der Waals surface area (Å²) < 4.78 is 3.37. The van der Waals surface area contributed by atoms with Crippen LogP contribution in [0.3, 0.4) is 0 Å². The Labute approximate surface area is 382 Å². The predicted molar refractivity (Wildman–Crippen MR) is 275 cm³/mol. The average molecular weight is 945 g/mol. The third-order valence-corrected chi connectivity index (χ3v) is 18.3. The second-order valence-corrected chi connectivity index (χ2v) is 23.3.